The third kappa shape index (κ3) is 20.2. The molecule has 0 bridgehead atoms. The summed E-state index contributed by atoms with van der Waals surface area (Å²) in [4.78, 5) is 76.8. The van der Waals surface area contributed by atoms with Crippen molar-refractivity contribution in [2.45, 2.75) is 125 Å². The largest absolute Gasteiger partial charge is 0.508 e. The summed E-state index contributed by atoms with van der Waals surface area (Å²) in [6.45, 7) is 16.8. The SMILES string of the molecule is CCCCCC(=O)N[C@H](C(=O)N[C@@H](CCCNC(N)=O)C(=O)N[C@@H](Cc1ccc(O)cc1)C(=O)NCC(C)(C)COCC(C)(C)CNC(=O)CC)C(C)C. The standard InChI is InChI=1S/C39H67N7O8/c1-9-11-12-15-32(49)46-33(26(3)4)36(52)44-29(14-13-20-41-37(40)53)35(51)45-30(21-27-16-18-28(47)19-17-27)34(50)43-23-39(7,8)25-54-24-38(5,6)22-42-31(48)10-2/h16-19,26,29-30,33,47H,9-15,20-25H2,1-8H3,(H,42,48)(H,43,50)(H,44,52)(H,45,51)(H,46,49)(H3,40,41,53)/t29-,30-,33-/m0/s1. The number of hydrogen-bond donors (Lipinski definition) is 8. The summed E-state index contributed by atoms with van der Waals surface area (Å²) in [5.41, 5.74) is 5.07. The van der Waals surface area contributed by atoms with E-state index in [0.717, 1.165) is 12.8 Å². The van der Waals surface area contributed by atoms with Crippen LogP contribution in [0.25, 0.3) is 0 Å². The molecule has 0 radical (unpaired) electrons. The Morgan fingerprint density at radius 1 is 0.741 bits per heavy atom. The lowest BCUT2D eigenvalue weighted by Gasteiger charge is -2.30. The number of amides is 7. The van der Waals surface area contributed by atoms with Crippen molar-refractivity contribution in [2.75, 3.05) is 32.8 Å². The average molecular weight is 762 g/mol. The quantitative estimate of drug-likeness (QED) is 0.0653. The molecule has 3 atom stereocenters. The monoisotopic (exact) mass is 762 g/mol. The van der Waals surface area contributed by atoms with Gasteiger partial charge in [-0.2, -0.15) is 0 Å². The van der Waals surface area contributed by atoms with Crippen LogP contribution in [0.1, 0.15) is 106 Å². The van der Waals surface area contributed by atoms with Crippen molar-refractivity contribution < 1.29 is 38.6 Å². The molecular formula is C39H67N7O8. The molecule has 0 aliphatic heterocycles. The number of rotatable bonds is 26. The highest BCUT2D eigenvalue weighted by Gasteiger charge is 2.32. The molecule has 0 aliphatic rings. The number of ether oxygens (including phenoxy) is 1. The summed E-state index contributed by atoms with van der Waals surface area (Å²) in [5, 5.41) is 26.5. The van der Waals surface area contributed by atoms with Gasteiger partial charge in [0.1, 0.15) is 23.9 Å². The Morgan fingerprint density at radius 2 is 1.33 bits per heavy atom. The number of benzene rings is 1. The van der Waals surface area contributed by atoms with Crippen LogP contribution in [0, 0.1) is 16.7 Å². The van der Waals surface area contributed by atoms with Gasteiger partial charge in [0.2, 0.25) is 29.5 Å². The van der Waals surface area contributed by atoms with Crippen LogP contribution >= 0.6 is 0 Å². The van der Waals surface area contributed by atoms with Gasteiger partial charge in [-0.3, -0.25) is 24.0 Å². The Bertz CT molecular complexity index is 1350. The van der Waals surface area contributed by atoms with Crippen LogP contribution in [0.2, 0.25) is 0 Å². The molecule has 306 valence electrons. The molecule has 1 aromatic carbocycles. The van der Waals surface area contributed by atoms with Crippen LogP contribution < -0.4 is 37.6 Å². The fraction of sp³-hybridized carbons (Fsp3) is 0.692. The van der Waals surface area contributed by atoms with Crippen LogP contribution in [-0.2, 0) is 35.1 Å². The molecule has 0 saturated heterocycles. The second-order valence-corrected chi connectivity index (χ2v) is 15.8. The number of aromatic hydroxyl groups is 1. The van der Waals surface area contributed by atoms with Gasteiger partial charge in [-0.25, -0.2) is 4.79 Å². The van der Waals surface area contributed by atoms with E-state index in [4.69, 9.17) is 10.5 Å². The molecule has 15 nitrogen and oxygen atoms in total. The number of hydrogen-bond acceptors (Lipinski definition) is 8. The van der Waals surface area contributed by atoms with Crippen molar-refractivity contribution in [3.05, 3.63) is 29.8 Å². The predicted molar refractivity (Wildman–Crippen MR) is 208 cm³/mol. The Labute approximate surface area is 321 Å². The number of urea groups is 1. The van der Waals surface area contributed by atoms with Gasteiger partial charge in [-0.05, 0) is 42.9 Å². The third-order valence-electron chi connectivity index (χ3n) is 8.70. The zero-order chi connectivity index (χ0) is 40.9. The number of unbranched alkanes of at least 4 members (excludes halogenated alkanes) is 2. The van der Waals surface area contributed by atoms with E-state index < -0.39 is 47.3 Å². The minimum Gasteiger partial charge on any atom is -0.508 e. The summed E-state index contributed by atoms with van der Waals surface area (Å²) >= 11 is 0. The number of nitrogens with two attached hydrogens (primary N) is 1. The summed E-state index contributed by atoms with van der Waals surface area (Å²) < 4.78 is 6.01. The molecule has 15 heteroatoms. The molecule has 0 spiro atoms. The lowest BCUT2D eigenvalue weighted by Crippen LogP contribution is -2.58. The van der Waals surface area contributed by atoms with E-state index in [1.165, 1.54) is 12.1 Å². The van der Waals surface area contributed by atoms with Gasteiger partial charge in [0.05, 0.1) is 13.2 Å². The Balaban J connectivity index is 3.15. The summed E-state index contributed by atoms with van der Waals surface area (Å²) in [7, 11) is 0. The van der Waals surface area contributed by atoms with Gasteiger partial charge in [-0.15, -0.1) is 0 Å². The maximum atomic E-state index is 13.9. The van der Waals surface area contributed by atoms with Crippen LogP contribution in [-0.4, -0.2) is 91.6 Å². The van der Waals surface area contributed by atoms with Crippen LogP contribution in [0.3, 0.4) is 0 Å². The van der Waals surface area contributed by atoms with Crippen molar-refractivity contribution in [2.24, 2.45) is 22.5 Å². The van der Waals surface area contributed by atoms with Crippen LogP contribution in [0.4, 0.5) is 4.79 Å². The van der Waals surface area contributed by atoms with E-state index in [9.17, 15) is 33.9 Å². The number of phenols is 1. The summed E-state index contributed by atoms with van der Waals surface area (Å²) in [5.74, 6) is -2.17. The van der Waals surface area contributed by atoms with Gasteiger partial charge in [0.25, 0.3) is 0 Å². The molecule has 0 aliphatic carbocycles. The van der Waals surface area contributed by atoms with Gasteiger partial charge in [0.15, 0.2) is 0 Å². The fourth-order valence-electron chi connectivity index (χ4n) is 5.33. The minimum absolute atomic E-state index is 0.0322. The summed E-state index contributed by atoms with van der Waals surface area (Å²) in [6.07, 6.45) is 3.67. The zero-order valence-electron chi connectivity index (χ0n) is 33.7. The second kappa shape index (κ2) is 24.1. The van der Waals surface area contributed by atoms with E-state index in [1.54, 1.807) is 32.9 Å². The molecule has 0 aromatic heterocycles. The number of carbonyl (C=O) groups is 6. The molecule has 1 rings (SSSR count). The molecule has 7 amide bonds. The molecule has 0 fully saturated rings. The first-order valence-corrected chi connectivity index (χ1v) is 19.1. The molecule has 9 N–H and O–H groups in total. The Hall–Kier alpha value is -4.40. The van der Waals surface area contributed by atoms with Gasteiger partial charge >= 0.3 is 6.03 Å². The minimum atomic E-state index is -1.11. The highest BCUT2D eigenvalue weighted by Crippen LogP contribution is 2.19. The van der Waals surface area contributed by atoms with E-state index in [1.807, 2.05) is 34.6 Å². The highest BCUT2D eigenvalue weighted by atomic mass is 16.5. The van der Waals surface area contributed by atoms with Crippen molar-refractivity contribution in [3.8, 4) is 5.75 Å². The maximum absolute atomic E-state index is 13.9. The first-order valence-electron chi connectivity index (χ1n) is 19.1. The van der Waals surface area contributed by atoms with Gasteiger partial charge in [-0.1, -0.05) is 80.4 Å². The maximum Gasteiger partial charge on any atom is 0.312 e. The van der Waals surface area contributed by atoms with E-state index in [2.05, 4.69) is 31.9 Å². The topological polar surface area (TPSA) is 230 Å². The fourth-order valence-corrected chi connectivity index (χ4v) is 5.33. The number of carbonyl (C=O) groups excluding carboxylic acids is 6. The zero-order valence-corrected chi connectivity index (χ0v) is 33.7. The van der Waals surface area contributed by atoms with Crippen molar-refractivity contribution >= 4 is 35.6 Å². The molecule has 1 aromatic rings. The second-order valence-electron chi connectivity index (χ2n) is 15.8. The van der Waals surface area contributed by atoms with Crippen LogP contribution in [0.5, 0.6) is 5.75 Å². The number of primary amides is 1. The van der Waals surface area contributed by atoms with Crippen molar-refractivity contribution in [1.82, 2.24) is 31.9 Å². The van der Waals surface area contributed by atoms with Crippen LogP contribution in [0.15, 0.2) is 24.3 Å². The highest BCUT2D eigenvalue weighted by molar-refractivity contribution is 5.94. The summed E-state index contributed by atoms with van der Waals surface area (Å²) in [6, 6.07) is 2.45. The van der Waals surface area contributed by atoms with Gasteiger partial charge in [0, 0.05) is 49.7 Å². The molecule has 0 unspecified atom stereocenters. The lowest BCUT2D eigenvalue weighted by atomic mass is 9.92. The molecular weight excluding hydrogens is 694 g/mol. The predicted octanol–water partition coefficient (Wildman–Crippen LogP) is 2.79. The van der Waals surface area contributed by atoms with Crippen molar-refractivity contribution in [3.63, 3.8) is 0 Å². The van der Waals surface area contributed by atoms with E-state index >= 15 is 0 Å². The van der Waals surface area contributed by atoms with E-state index in [-0.39, 0.29) is 67.7 Å². The van der Waals surface area contributed by atoms with Crippen molar-refractivity contribution in [1.29, 1.82) is 0 Å². The first kappa shape index (κ1) is 47.6. The third-order valence-corrected chi connectivity index (χ3v) is 8.70. The van der Waals surface area contributed by atoms with E-state index in [0.29, 0.717) is 38.2 Å². The van der Waals surface area contributed by atoms with Gasteiger partial charge < -0.3 is 47.5 Å². The lowest BCUT2D eigenvalue weighted by molar-refractivity contribution is -0.134. The first-order chi connectivity index (χ1) is 25.3. The molecule has 0 saturated carbocycles. The average Bonchev–Trinajstić information content (AvgIpc) is 3.10. The molecule has 0 heterocycles. The molecule has 54 heavy (non-hydrogen) atoms. The normalized spacial score (nSPS) is 13.3. The number of phenolic OH excluding ortho intramolecular Hbond substituents is 1. The Kier molecular flexibility index (Phi) is 21.2. The Morgan fingerprint density at radius 3 is 1.89 bits per heavy atom. The number of nitrogens with one attached hydrogen (secondary N) is 6. The smallest absolute Gasteiger partial charge is 0.312 e.